The Labute approximate surface area is 79.5 Å². The van der Waals surface area contributed by atoms with Crippen LogP contribution >= 0.6 is 12.6 Å². The third kappa shape index (κ3) is 5.43. The van der Waals surface area contributed by atoms with Crippen LogP contribution in [0.4, 0.5) is 0 Å². The highest BCUT2D eigenvalue weighted by Crippen LogP contribution is 2.03. The molecule has 0 aromatic rings. The molecule has 0 saturated carbocycles. The molecule has 0 rings (SSSR count). The zero-order valence-electron chi connectivity index (χ0n) is 7.71. The molecule has 0 saturated heterocycles. The fourth-order valence-electron chi connectivity index (χ4n) is 1.01. The summed E-state index contributed by atoms with van der Waals surface area (Å²) < 4.78 is 0. The van der Waals surface area contributed by atoms with Crippen molar-refractivity contribution in [2.75, 3.05) is 12.3 Å². The van der Waals surface area contributed by atoms with Gasteiger partial charge >= 0.3 is 0 Å². The van der Waals surface area contributed by atoms with Crippen LogP contribution in [0.25, 0.3) is 0 Å². The van der Waals surface area contributed by atoms with E-state index in [4.69, 9.17) is 5.73 Å². The molecule has 12 heavy (non-hydrogen) atoms. The topological polar surface area (TPSA) is 55.1 Å². The summed E-state index contributed by atoms with van der Waals surface area (Å²) in [6.07, 6.45) is 0.795. The first-order valence-corrected chi connectivity index (χ1v) is 4.84. The minimum absolute atomic E-state index is 0.197. The summed E-state index contributed by atoms with van der Waals surface area (Å²) in [5.41, 5.74) is 5.20. The molecule has 0 fully saturated rings. The van der Waals surface area contributed by atoms with E-state index in [1.165, 1.54) is 0 Å². The molecule has 0 aliphatic heterocycles. The molecule has 3 nitrogen and oxygen atoms in total. The minimum Gasteiger partial charge on any atom is -0.368 e. The molecule has 1 atom stereocenters. The minimum atomic E-state index is -0.273. The number of carbonyl (C=O) groups excluding carboxylic acids is 1. The highest BCUT2D eigenvalue weighted by atomic mass is 32.1. The largest absolute Gasteiger partial charge is 0.368 e. The van der Waals surface area contributed by atoms with Gasteiger partial charge in [-0.1, -0.05) is 13.8 Å². The van der Waals surface area contributed by atoms with E-state index in [2.05, 4.69) is 31.8 Å². The van der Waals surface area contributed by atoms with Gasteiger partial charge in [0.15, 0.2) is 0 Å². The second kappa shape index (κ2) is 6.31. The van der Waals surface area contributed by atoms with Gasteiger partial charge in [0, 0.05) is 12.3 Å². The molecular formula is C8H18N2OS. The second-order valence-corrected chi connectivity index (χ2v) is 3.71. The predicted octanol–water partition coefficient (Wildman–Crippen LogP) is 0.406. The first-order chi connectivity index (χ1) is 5.57. The van der Waals surface area contributed by atoms with E-state index >= 15 is 0 Å². The van der Waals surface area contributed by atoms with Crippen LogP contribution in [-0.2, 0) is 4.79 Å². The maximum atomic E-state index is 10.9. The van der Waals surface area contributed by atoms with Gasteiger partial charge in [-0.05, 0) is 12.3 Å². The van der Waals surface area contributed by atoms with Gasteiger partial charge in [0.1, 0.15) is 0 Å². The summed E-state index contributed by atoms with van der Waals surface area (Å²) in [5.74, 6) is 0.933. The van der Waals surface area contributed by atoms with Crippen molar-refractivity contribution in [3.63, 3.8) is 0 Å². The molecule has 0 heterocycles. The Morgan fingerprint density at radius 2 is 2.17 bits per heavy atom. The summed E-state index contributed by atoms with van der Waals surface area (Å²) in [7, 11) is 0. The van der Waals surface area contributed by atoms with Gasteiger partial charge in [0.05, 0.1) is 6.04 Å². The van der Waals surface area contributed by atoms with Crippen molar-refractivity contribution < 1.29 is 4.79 Å². The van der Waals surface area contributed by atoms with Crippen LogP contribution < -0.4 is 11.1 Å². The Morgan fingerprint density at radius 3 is 2.50 bits per heavy atom. The molecule has 0 aromatic heterocycles. The normalized spacial score (nSPS) is 13.3. The predicted molar refractivity (Wildman–Crippen MR) is 54.3 cm³/mol. The fourth-order valence-corrected chi connectivity index (χ4v) is 1.14. The van der Waals surface area contributed by atoms with E-state index in [9.17, 15) is 4.79 Å². The second-order valence-electron chi connectivity index (χ2n) is 3.26. The monoisotopic (exact) mass is 190 g/mol. The summed E-state index contributed by atoms with van der Waals surface area (Å²) in [6.45, 7) is 4.86. The van der Waals surface area contributed by atoms with Crippen molar-refractivity contribution in [2.45, 2.75) is 26.3 Å². The molecule has 72 valence electrons. The highest BCUT2D eigenvalue weighted by molar-refractivity contribution is 7.80. The Morgan fingerprint density at radius 1 is 1.58 bits per heavy atom. The van der Waals surface area contributed by atoms with Crippen molar-refractivity contribution in [2.24, 2.45) is 11.7 Å². The molecule has 4 heteroatoms. The van der Waals surface area contributed by atoms with Gasteiger partial charge in [-0.3, -0.25) is 4.79 Å². The van der Waals surface area contributed by atoms with Gasteiger partial charge in [-0.2, -0.15) is 12.6 Å². The molecule has 0 aliphatic carbocycles. The maximum Gasteiger partial charge on any atom is 0.234 e. The summed E-state index contributed by atoms with van der Waals surface area (Å²) >= 11 is 4.04. The standard InChI is InChI=1S/C8H18N2OS/c1-6(2)5-7(8(9)11)10-3-4-12/h6-7,10,12H,3-5H2,1-2H3,(H2,9,11). The Bertz CT molecular complexity index is 139. The van der Waals surface area contributed by atoms with Crippen LogP contribution in [0, 0.1) is 5.92 Å². The zero-order valence-corrected chi connectivity index (χ0v) is 8.60. The number of nitrogens with one attached hydrogen (secondary N) is 1. The molecule has 3 N–H and O–H groups in total. The maximum absolute atomic E-state index is 10.9. The van der Waals surface area contributed by atoms with Crippen LogP contribution in [0.15, 0.2) is 0 Å². The molecule has 1 unspecified atom stereocenters. The lowest BCUT2D eigenvalue weighted by molar-refractivity contribution is -0.120. The third-order valence-corrected chi connectivity index (χ3v) is 1.78. The first-order valence-electron chi connectivity index (χ1n) is 4.21. The fraction of sp³-hybridized carbons (Fsp3) is 0.875. The molecule has 0 spiro atoms. The third-order valence-electron chi connectivity index (χ3n) is 1.55. The molecule has 0 aliphatic rings. The lowest BCUT2D eigenvalue weighted by atomic mass is 10.0. The quantitative estimate of drug-likeness (QED) is 0.531. The van der Waals surface area contributed by atoms with E-state index in [0.29, 0.717) is 5.92 Å². The lowest BCUT2D eigenvalue weighted by Gasteiger charge is -2.16. The Hall–Kier alpha value is -0.220. The van der Waals surface area contributed by atoms with Crippen LogP contribution in [0.1, 0.15) is 20.3 Å². The summed E-state index contributed by atoms with van der Waals surface area (Å²) in [4.78, 5) is 10.9. The van der Waals surface area contributed by atoms with E-state index < -0.39 is 0 Å². The number of primary amides is 1. The van der Waals surface area contributed by atoms with Crippen LogP contribution in [0.3, 0.4) is 0 Å². The number of amides is 1. The first kappa shape index (κ1) is 11.8. The van der Waals surface area contributed by atoms with E-state index in [-0.39, 0.29) is 11.9 Å². The number of carbonyl (C=O) groups is 1. The van der Waals surface area contributed by atoms with Gasteiger partial charge in [0.25, 0.3) is 0 Å². The van der Waals surface area contributed by atoms with E-state index in [1.54, 1.807) is 0 Å². The van der Waals surface area contributed by atoms with Crippen molar-refractivity contribution >= 4 is 18.5 Å². The lowest BCUT2D eigenvalue weighted by Crippen LogP contribution is -2.42. The molecule has 0 radical (unpaired) electrons. The number of rotatable bonds is 6. The number of hydrogen-bond acceptors (Lipinski definition) is 3. The van der Waals surface area contributed by atoms with Crippen LogP contribution in [0.2, 0.25) is 0 Å². The number of thiol groups is 1. The smallest absolute Gasteiger partial charge is 0.234 e. The van der Waals surface area contributed by atoms with Crippen molar-refractivity contribution in [1.29, 1.82) is 0 Å². The van der Waals surface area contributed by atoms with Gasteiger partial charge < -0.3 is 11.1 Å². The van der Waals surface area contributed by atoms with Gasteiger partial charge in [-0.25, -0.2) is 0 Å². The van der Waals surface area contributed by atoms with Crippen molar-refractivity contribution in [1.82, 2.24) is 5.32 Å². The summed E-state index contributed by atoms with van der Waals surface area (Å²) in [6, 6.07) is -0.197. The Kier molecular flexibility index (Phi) is 6.20. The van der Waals surface area contributed by atoms with Crippen molar-refractivity contribution in [3.8, 4) is 0 Å². The van der Waals surface area contributed by atoms with E-state index in [0.717, 1.165) is 18.7 Å². The van der Waals surface area contributed by atoms with Crippen molar-refractivity contribution in [3.05, 3.63) is 0 Å². The highest BCUT2D eigenvalue weighted by Gasteiger charge is 2.14. The number of hydrogen-bond donors (Lipinski definition) is 3. The Balaban J connectivity index is 3.78. The molecule has 0 bridgehead atoms. The summed E-state index contributed by atoms with van der Waals surface area (Å²) in [5, 5.41) is 3.05. The van der Waals surface area contributed by atoms with Gasteiger partial charge in [0.2, 0.25) is 5.91 Å². The molecular weight excluding hydrogens is 172 g/mol. The average molecular weight is 190 g/mol. The van der Waals surface area contributed by atoms with Crippen LogP contribution in [-0.4, -0.2) is 24.2 Å². The zero-order chi connectivity index (χ0) is 9.56. The average Bonchev–Trinajstić information content (AvgIpc) is 1.96. The van der Waals surface area contributed by atoms with E-state index in [1.807, 2.05) is 0 Å². The van der Waals surface area contributed by atoms with Gasteiger partial charge in [-0.15, -0.1) is 0 Å². The molecule has 1 amide bonds. The van der Waals surface area contributed by atoms with Crippen LogP contribution in [0.5, 0.6) is 0 Å². The SMILES string of the molecule is CC(C)CC(NCCS)C(N)=O. The number of nitrogens with two attached hydrogens (primary N) is 1. The molecule has 0 aromatic carbocycles.